The molecule has 1 fully saturated rings. The molecule has 1 aliphatic carbocycles. The Morgan fingerprint density at radius 2 is 1.75 bits per heavy atom. The molecule has 0 saturated heterocycles. The van der Waals surface area contributed by atoms with E-state index in [0.717, 1.165) is 35.6 Å². The van der Waals surface area contributed by atoms with Crippen LogP contribution in [0.2, 0.25) is 0 Å². The molecule has 7 heteroatoms. The van der Waals surface area contributed by atoms with Gasteiger partial charge in [-0.15, -0.1) is 0 Å². The van der Waals surface area contributed by atoms with E-state index in [1.54, 1.807) is 23.0 Å². The van der Waals surface area contributed by atoms with Crippen molar-refractivity contribution in [2.45, 2.75) is 37.9 Å². The third-order valence-electron chi connectivity index (χ3n) is 6.67. The third kappa shape index (κ3) is 2.67. The zero-order valence-electron chi connectivity index (χ0n) is 18.0. The highest BCUT2D eigenvalue weighted by atomic mass is 16.2. The van der Waals surface area contributed by atoms with Crippen molar-refractivity contribution in [2.75, 3.05) is 21.7 Å². The first-order chi connectivity index (χ1) is 15.6. The van der Waals surface area contributed by atoms with Crippen LogP contribution in [0, 0.1) is 0 Å². The number of pyridine rings is 2. The van der Waals surface area contributed by atoms with Crippen LogP contribution in [0.4, 0.5) is 17.3 Å². The number of hydrogen-bond acceptors (Lipinski definition) is 5. The predicted octanol–water partition coefficient (Wildman–Crippen LogP) is 3.56. The summed E-state index contributed by atoms with van der Waals surface area (Å²) in [5, 5.41) is 0. The van der Waals surface area contributed by atoms with Crippen LogP contribution in [0.3, 0.4) is 0 Å². The van der Waals surface area contributed by atoms with Crippen LogP contribution in [-0.2, 0) is 4.79 Å². The van der Waals surface area contributed by atoms with Crippen molar-refractivity contribution in [1.29, 1.82) is 0 Å². The van der Waals surface area contributed by atoms with E-state index in [0.29, 0.717) is 17.4 Å². The van der Waals surface area contributed by atoms with Gasteiger partial charge in [-0.1, -0.05) is 24.3 Å². The SMILES string of the molecule is CC1C(=O)N(C)c2ccc(N3C(=O)c4ccccc4C3c3ccccn3)nc2N1C1CC1. The van der Waals surface area contributed by atoms with E-state index in [-0.39, 0.29) is 23.9 Å². The number of hydrogen-bond donors (Lipinski definition) is 0. The van der Waals surface area contributed by atoms with Crippen LogP contribution in [0.25, 0.3) is 0 Å². The van der Waals surface area contributed by atoms with E-state index in [1.807, 2.05) is 61.5 Å². The zero-order chi connectivity index (χ0) is 22.0. The summed E-state index contributed by atoms with van der Waals surface area (Å²) < 4.78 is 0. The summed E-state index contributed by atoms with van der Waals surface area (Å²) in [5.41, 5.74) is 3.17. The Labute approximate surface area is 186 Å². The minimum absolute atomic E-state index is 0.0648. The van der Waals surface area contributed by atoms with Crippen LogP contribution >= 0.6 is 0 Å². The molecular weight excluding hydrogens is 402 g/mol. The summed E-state index contributed by atoms with van der Waals surface area (Å²) in [6.07, 6.45) is 3.85. The molecular formula is C25H23N5O2. The largest absolute Gasteiger partial charge is 0.340 e. The Kier molecular flexibility index (Phi) is 4.08. The van der Waals surface area contributed by atoms with Crippen LogP contribution in [-0.4, -0.2) is 40.9 Å². The fourth-order valence-electron chi connectivity index (χ4n) is 4.94. The third-order valence-corrected chi connectivity index (χ3v) is 6.67. The van der Waals surface area contributed by atoms with Gasteiger partial charge >= 0.3 is 0 Å². The smallest absolute Gasteiger partial charge is 0.260 e. The topological polar surface area (TPSA) is 69.6 Å². The number of carbonyl (C=O) groups excluding carboxylic acids is 2. The van der Waals surface area contributed by atoms with Crippen LogP contribution in [0.1, 0.15) is 47.4 Å². The highest BCUT2D eigenvalue weighted by Crippen LogP contribution is 2.45. The van der Waals surface area contributed by atoms with E-state index in [1.165, 1.54) is 0 Å². The second-order valence-electron chi connectivity index (χ2n) is 8.64. The quantitative estimate of drug-likeness (QED) is 0.642. The van der Waals surface area contributed by atoms with Gasteiger partial charge in [-0.25, -0.2) is 4.98 Å². The molecule has 2 aromatic heterocycles. The molecule has 2 amide bonds. The Morgan fingerprint density at radius 1 is 0.969 bits per heavy atom. The number of carbonyl (C=O) groups is 2. The maximum absolute atomic E-state index is 13.5. The highest BCUT2D eigenvalue weighted by molar-refractivity contribution is 6.11. The summed E-state index contributed by atoms with van der Waals surface area (Å²) in [6.45, 7) is 1.93. The molecule has 32 heavy (non-hydrogen) atoms. The number of rotatable bonds is 3. The minimum Gasteiger partial charge on any atom is -0.340 e. The monoisotopic (exact) mass is 425 g/mol. The average Bonchev–Trinajstić information content (AvgIpc) is 3.61. The molecule has 1 aromatic carbocycles. The van der Waals surface area contributed by atoms with Crippen LogP contribution < -0.4 is 14.7 Å². The van der Waals surface area contributed by atoms with Gasteiger partial charge in [0.05, 0.1) is 11.4 Å². The minimum atomic E-state index is -0.347. The molecule has 7 nitrogen and oxygen atoms in total. The lowest BCUT2D eigenvalue weighted by Gasteiger charge is -2.40. The summed E-state index contributed by atoms with van der Waals surface area (Å²) in [4.78, 5) is 41.4. The van der Waals surface area contributed by atoms with Gasteiger partial charge in [-0.05, 0) is 55.7 Å². The van der Waals surface area contributed by atoms with E-state index in [9.17, 15) is 9.59 Å². The van der Waals surface area contributed by atoms with Gasteiger partial charge in [0, 0.05) is 24.8 Å². The molecule has 4 heterocycles. The van der Waals surface area contributed by atoms with Crippen LogP contribution in [0.15, 0.2) is 60.8 Å². The first-order valence-corrected chi connectivity index (χ1v) is 11.0. The summed E-state index contributed by atoms with van der Waals surface area (Å²) >= 11 is 0. The second-order valence-corrected chi connectivity index (χ2v) is 8.64. The van der Waals surface area contributed by atoms with Crippen molar-refractivity contribution < 1.29 is 9.59 Å². The Balaban J connectivity index is 1.51. The number of benzene rings is 1. The molecule has 3 aliphatic rings. The van der Waals surface area contributed by atoms with Gasteiger partial charge in [0.2, 0.25) is 5.91 Å². The Hall–Kier alpha value is -3.74. The van der Waals surface area contributed by atoms with Gasteiger partial charge in [0.25, 0.3) is 5.91 Å². The lowest BCUT2D eigenvalue weighted by atomic mass is 10.0. The van der Waals surface area contributed by atoms with Crippen molar-refractivity contribution in [3.05, 3.63) is 77.6 Å². The molecule has 2 unspecified atom stereocenters. The van der Waals surface area contributed by atoms with Crippen molar-refractivity contribution in [2.24, 2.45) is 0 Å². The van der Waals surface area contributed by atoms with E-state index in [4.69, 9.17) is 4.98 Å². The number of nitrogens with zero attached hydrogens (tertiary/aromatic N) is 5. The van der Waals surface area contributed by atoms with E-state index in [2.05, 4.69) is 9.88 Å². The maximum Gasteiger partial charge on any atom is 0.260 e. The van der Waals surface area contributed by atoms with Crippen molar-refractivity contribution in [3.8, 4) is 0 Å². The first kappa shape index (κ1) is 19.0. The molecule has 2 aliphatic heterocycles. The van der Waals surface area contributed by atoms with Gasteiger partial charge in [0.15, 0.2) is 5.82 Å². The second kappa shape index (κ2) is 6.88. The molecule has 1 saturated carbocycles. The zero-order valence-corrected chi connectivity index (χ0v) is 18.0. The van der Waals surface area contributed by atoms with Crippen molar-refractivity contribution >= 4 is 29.1 Å². The number of aromatic nitrogens is 2. The number of fused-ring (bicyclic) bond motifs is 2. The number of likely N-dealkylation sites (N-methyl/N-ethyl adjacent to an activating group) is 1. The normalized spacial score (nSPS) is 22.2. The van der Waals surface area contributed by atoms with E-state index < -0.39 is 0 Å². The van der Waals surface area contributed by atoms with Crippen molar-refractivity contribution in [1.82, 2.24) is 9.97 Å². The molecule has 160 valence electrons. The lowest BCUT2D eigenvalue weighted by molar-refractivity contribution is -0.119. The average molecular weight is 425 g/mol. The molecule has 2 atom stereocenters. The molecule has 0 spiro atoms. The molecule has 0 radical (unpaired) electrons. The van der Waals surface area contributed by atoms with Gasteiger partial charge in [-0.2, -0.15) is 0 Å². The van der Waals surface area contributed by atoms with Gasteiger partial charge in [0.1, 0.15) is 17.9 Å². The summed E-state index contributed by atoms with van der Waals surface area (Å²) in [5.74, 6) is 1.31. The van der Waals surface area contributed by atoms with Crippen LogP contribution in [0.5, 0.6) is 0 Å². The van der Waals surface area contributed by atoms with Crippen molar-refractivity contribution in [3.63, 3.8) is 0 Å². The standard InChI is InChI=1S/C25H23N5O2/c1-15-24(31)28(2)20-12-13-21(27-23(20)29(15)16-10-11-16)30-22(19-9-5-6-14-26-19)17-7-3-4-8-18(17)25(30)32/h3-9,12-16,22H,10-11H2,1-2H3. The summed E-state index contributed by atoms with van der Waals surface area (Å²) in [6, 6.07) is 16.9. The van der Waals surface area contributed by atoms with Gasteiger partial charge < -0.3 is 9.80 Å². The lowest BCUT2D eigenvalue weighted by Crippen LogP contribution is -2.52. The number of amides is 2. The summed E-state index contributed by atoms with van der Waals surface area (Å²) in [7, 11) is 1.79. The Morgan fingerprint density at radius 3 is 2.50 bits per heavy atom. The molecule has 6 rings (SSSR count). The molecule has 3 aromatic rings. The fraction of sp³-hybridized carbons (Fsp3) is 0.280. The molecule has 0 bridgehead atoms. The van der Waals surface area contributed by atoms with Gasteiger partial charge in [-0.3, -0.25) is 19.5 Å². The Bertz CT molecular complexity index is 1240. The van der Waals surface area contributed by atoms with E-state index >= 15 is 0 Å². The first-order valence-electron chi connectivity index (χ1n) is 11.0. The molecule has 0 N–H and O–H groups in total. The highest BCUT2D eigenvalue weighted by Gasteiger charge is 2.44. The maximum atomic E-state index is 13.5. The number of anilines is 3. The fourth-order valence-corrected chi connectivity index (χ4v) is 4.94. The predicted molar refractivity (Wildman–Crippen MR) is 122 cm³/mol.